The molecule has 7 heteroatoms. The second kappa shape index (κ2) is 7.99. The number of hydrogen-bond donors (Lipinski definition) is 1. The number of halogens is 1. The quantitative estimate of drug-likeness (QED) is 0.834. The minimum Gasteiger partial charge on any atom is -0.324 e. The molecule has 0 fully saturated rings. The summed E-state index contributed by atoms with van der Waals surface area (Å²) in [5.41, 5.74) is 2.69. The van der Waals surface area contributed by atoms with E-state index in [1.54, 1.807) is 0 Å². The monoisotopic (exact) mass is 380 g/mol. The maximum atomic E-state index is 12.5. The molecule has 1 N–H and O–H groups in total. The molecular formula is C18H21ClN2O3S. The molecule has 2 aromatic rings. The van der Waals surface area contributed by atoms with Gasteiger partial charge in [0.1, 0.15) is 0 Å². The lowest BCUT2D eigenvalue weighted by molar-refractivity contribution is -0.116. The van der Waals surface area contributed by atoms with Crippen LogP contribution >= 0.6 is 11.6 Å². The Morgan fingerprint density at radius 1 is 1.16 bits per heavy atom. The van der Waals surface area contributed by atoms with Crippen molar-refractivity contribution in [3.8, 4) is 0 Å². The molecule has 0 aromatic heterocycles. The lowest BCUT2D eigenvalue weighted by Gasteiger charge is -2.18. The van der Waals surface area contributed by atoms with Crippen molar-refractivity contribution < 1.29 is 13.2 Å². The van der Waals surface area contributed by atoms with Crippen LogP contribution in [-0.4, -0.2) is 32.2 Å². The molecule has 0 aliphatic heterocycles. The molecule has 134 valence electrons. The molecule has 2 rings (SSSR count). The van der Waals surface area contributed by atoms with Gasteiger partial charge in [-0.15, -0.1) is 0 Å². The summed E-state index contributed by atoms with van der Waals surface area (Å²) in [7, 11) is -2.38. The van der Waals surface area contributed by atoms with Gasteiger partial charge in [-0.05, 0) is 48.7 Å². The standard InChI is InChI=1S/C18H21ClN2O3S/c1-4-14-7-5-6-13(2)18(14)20-17(22)12-21(3)25(23,24)16-10-8-15(19)9-11-16/h5-11H,4,12H2,1-3H3,(H,20,22). The Balaban J connectivity index is 2.14. The van der Waals surface area contributed by atoms with Crippen molar-refractivity contribution in [2.45, 2.75) is 25.2 Å². The molecule has 0 saturated heterocycles. The molecule has 5 nitrogen and oxygen atoms in total. The van der Waals surface area contributed by atoms with E-state index in [2.05, 4.69) is 5.32 Å². The number of sulfonamides is 1. The first-order chi connectivity index (χ1) is 11.8. The van der Waals surface area contributed by atoms with Crippen molar-refractivity contribution in [3.63, 3.8) is 0 Å². The Morgan fingerprint density at radius 3 is 2.40 bits per heavy atom. The van der Waals surface area contributed by atoms with Crippen LogP contribution in [-0.2, 0) is 21.2 Å². The number of nitrogens with zero attached hydrogens (tertiary/aromatic N) is 1. The highest BCUT2D eigenvalue weighted by atomic mass is 35.5. The summed E-state index contributed by atoms with van der Waals surface area (Å²) in [6.45, 7) is 3.63. The van der Waals surface area contributed by atoms with Crippen LogP contribution in [0.15, 0.2) is 47.4 Å². The van der Waals surface area contributed by atoms with Crippen LogP contribution in [0.5, 0.6) is 0 Å². The van der Waals surface area contributed by atoms with E-state index in [4.69, 9.17) is 11.6 Å². The number of carbonyl (C=O) groups excluding carboxylic acids is 1. The number of hydrogen-bond acceptors (Lipinski definition) is 3. The van der Waals surface area contributed by atoms with Crippen molar-refractivity contribution in [1.29, 1.82) is 0 Å². The third-order valence-corrected chi connectivity index (χ3v) is 5.96. The summed E-state index contributed by atoms with van der Waals surface area (Å²) in [4.78, 5) is 12.4. The second-order valence-corrected chi connectivity index (χ2v) is 8.21. The Hall–Kier alpha value is -1.89. The van der Waals surface area contributed by atoms with E-state index in [-0.39, 0.29) is 17.3 Å². The van der Waals surface area contributed by atoms with E-state index in [1.165, 1.54) is 31.3 Å². The van der Waals surface area contributed by atoms with Gasteiger partial charge in [-0.25, -0.2) is 8.42 Å². The summed E-state index contributed by atoms with van der Waals surface area (Å²) in [5.74, 6) is -0.385. The normalized spacial score (nSPS) is 11.6. The average Bonchev–Trinajstić information content (AvgIpc) is 2.57. The van der Waals surface area contributed by atoms with Gasteiger partial charge in [-0.1, -0.05) is 36.7 Å². The van der Waals surface area contributed by atoms with Gasteiger partial charge < -0.3 is 5.32 Å². The van der Waals surface area contributed by atoms with Crippen LogP contribution in [0.4, 0.5) is 5.69 Å². The number of para-hydroxylation sites is 1. The Morgan fingerprint density at radius 2 is 1.80 bits per heavy atom. The highest BCUT2D eigenvalue weighted by Gasteiger charge is 2.23. The van der Waals surface area contributed by atoms with Gasteiger partial charge in [0, 0.05) is 17.8 Å². The summed E-state index contributed by atoms with van der Waals surface area (Å²) >= 11 is 5.79. The average molecular weight is 381 g/mol. The molecule has 0 saturated carbocycles. The number of aryl methyl sites for hydroxylation is 2. The maximum Gasteiger partial charge on any atom is 0.243 e. The largest absolute Gasteiger partial charge is 0.324 e. The van der Waals surface area contributed by atoms with E-state index in [0.29, 0.717) is 5.02 Å². The predicted molar refractivity (Wildman–Crippen MR) is 100 cm³/mol. The fourth-order valence-electron chi connectivity index (χ4n) is 2.45. The van der Waals surface area contributed by atoms with Gasteiger partial charge in [0.25, 0.3) is 0 Å². The molecule has 2 aromatic carbocycles. The molecule has 1 amide bonds. The first-order valence-corrected chi connectivity index (χ1v) is 9.67. The first kappa shape index (κ1) is 19.4. The minimum absolute atomic E-state index is 0.0948. The SMILES string of the molecule is CCc1cccc(C)c1NC(=O)CN(C)S(=O)(=O)c1ccc(Cl)cc1. The molecule has 0 aliphatic carbocycles. The Kier molecular flexibility index (Phi) is 6.21. The first-order valence-electron chi connectivity index (χ1n) is 7.86. The maximum absolute atomic E-state index is 12.5. The van der Waals surface area contributed by atoms with Crippen LogP contribution in [0.1, 0.15) is 18.1 Å². The summed E-state index contributed by atoms with van der Waals surface area (Å²) < 4.78 is 26.1. The summed E-state index contributed by atoms with van der Waals surface area (Å²) in [5, 5.41) is 3.28. The molecular weight excluding hydrogens is 360 g/mol. The van der Waals surface area contributed by atoms with Crippen molar-refractivity contribution in [3.05, 3.63) is 58.6 Å². The number of anilines is 1. The van der Waals surface area contributed by atoms with Gasteiger partial charge in [0.2, 0.25) is 15.9 Å². The fraction of sp³-hybridized carbons (Fsp3) is 0.278. The van der Waals surface area contributed by atoms with Crippen LogP contribution in [0.2, 0.25) is 5.02 Å². The molecule has 0 heterocycles. The Labute approximate surface area is 153 Å². The minimum atomic E-state index is -3.76. The fourth-order valence-corrected chi connectivity index (χ4v) is 3.71. The number of carbonyl (C=O) groups is 1. The number of benzene rings is 2. The van der Waals surface area contributed by atoms with Gasteiger partial charge >= 0.3 is 0 Å². The van der Waals surface area contributed by atoms with Crippen molar-refractivity contribution in [2.24, 2.45) is 0 Å². The van der Waals surface area contributed by atoms with Crippen molar-refractivity contribution >= 4 is 33.2 Å². The lowest BCUT2D eigenvalue weighted by Crippen LogP contribution is -2.35. The third-order valence-electron chi connectivity index (χ3n) is 3.89. The van der Waals surface area contributed by atoms with E-state index in [0.717, 1.165) is 27.5 Å². The van der Waals surface area contributed by atoms with E-state index in [1.807, 2.05) is 32.0 Å². The van der Waals surface area contributed by atoms with Crippen molar-refractivity contribution in [2.75, 3.05) is 18.9 Å². The van der Waals surface area contributed by atoms with E-state index in [9.17, 15) is 13.2 Å². The number of likely N-dealkylation sites (N-methyl/N-ethyl adjacent to an activating group) is 1. The van der Waals surface area contributed by atoms with E-state index >= 15 is 0 Å². The summed E-state index contributed by atoms with van der Waals surface area (Å²) in [6, 6.07) is 11.6. The lowest BCUT2D eigenvalue weighted by atomic mass is 10.1. The topological polar surface area (TPSA) is 66.5 Å². The number of nitrogens with one attached hydrogen (secondary N) is 1. The number of amides is 1. The third kappa shape index (κ3) is 4.60. The zero-order valence-electron chi connectivity index (χ0n) is 14.4. The summed E-state index contributed by atoms with van der Waals surface area (Å²) in [6.07, 6.45) is 0.774. The van der Waals surface area contributed by atoms with Crippen LogP contribution in [0.25, 0.3) is 0 Å². The molecule has 25 heavy (non-hydrogen) atoms. The highest BCUT2D eigenvalue weighted by Crippen LogP contribution is 2.21. The van der Waals surface area contributed by atoms with Crippen LogP contribution in [0, 0.1) is 6.92 Å². The molecule has 0 bridgehead atoms. The number of rotatable bonds is 6. The van der Waals surface area contributed by atoms with Crippen LogP contribution < -0.4 is 5.32 Å². The smallest absolute Gasteiger partial charge is 0.243 e. The zero-order valence-corrected chi connectivity index (χ0v) is 16.0. The zero-order chi connectivity index (χ0) is 18.6. The van der Waals surface area contributed by atoms with Gasteiger partial charge in [-0.2, -0.15) is 4.31 Å². The van der Waals surface area contributed by atoms with E-state index < -0.39 is 10.0 Å². The van der Waals surface area contributed by atoms with Gasteiger partial charge in [0.05, 0.1) is 11.4 Å². The Bertz CT molecular complexity index is 864. The van der Waals surface area contributed by atoms with Crippen LogP contribution in [0.3, 0.4) is 0 Å². The molecule has 0 aliphatic rings. The molecule has 0 radical (unpaired) electrons. The molecule has 0 unspecified atom stereocenters. The molecule has 0 atom stereocenters. The van der Waals surface area contributed by atoms with Crippen molar-refractivity contribution in [1.82, 2.24) is 4.31 Å². The molecule has 0 spiro atoms. The second-order valence-electron chi connectivity index (χ2n) is 5.73. The highest BCUT2D eigenvalue weighted by molar-refractivity contribution is 7.89. The predicted octanol–water partition coefficient (Wildman–Crippen LogP) is 3.47. The van der Waals surface area contributed by atoms with Gasteiger partial charge in [0.15, 0.2) is 0 Å². The van der Waals surface area contributed by atoms with Gasteiger partial charge in [-0.3, -0.25) is 4.79 Å².